The van der Waals surface area contributed by atoms with Gasteiger partial charge in [-0.25, -0.2) is 0 Å². The van der Waals surface area contributed by atoms with E-state index in [4.69, 9.17) is 5.11 Å². The minimum atomic E-state index is -0.658. The van der Waals surface area contributed by atoms with Crippen molar-refractivity contribution >= 4 is 11.9 Å². The second-order valence-corrected chi connectivity index (χ2v) is 4.95. The molecule has 0 aromatic rings. The summed E-state index contributed by atoms with van der Waals surface area (Å²) in [4.78, 5) is 23.7. The summed E-state index contributed by atoms with van der Waals surface area (Å²) >= 11 is 0. The van der Waals surface area contributed by atoms with Crippen molar-refractivity contribution in [1.82, 2.24) is 4.90 Å². The van der Waals surface area contributed by atoms with Gasteiger partial charge in [0.05, 0.1) is 5.92 Å². The maximum absolute atomic E-state index is 11.1. The van der Waals surface area contributed by atoms with Crippen LogP contribution < -0.4 is 0 Å². The lowest BCUT2D eigenvalue weighted by molar-refractivity contribution is -0.154. The third-order valence-corrected chi connectivity index (χ3v) is 3.98. The number of aliphatic carboxylic acids is 1. The van der Waals surface area contributed by atoms with E-state index in [0.717, 1.165) is 38.8 Å². The van der Waals surface area contributed by atoms with E-state index in [-0.39, 0.29) is 17.2 Å². The van der Waals surface area contributed by atoms with Crippen molar-refractivity contribution in [2.45, 2.75) is 32.6 Å². The van der Waals surface area contributed by atoms with Crippen LogP contribution in [0.2, 0.25) is 0 Å². The van der Waals surface area contributed by atoms with Gasteiger partial charge in [-0.15, -0.1) is 0 Å². The first-order valence-corrected chi connectivity index (χ1v) is 5.51. The second kappa shape index (κ2) is 3.51. The van der Waals surface area contributed by atoms with Crippen molar-refractivity contribution in [1.29, 1.82) is 0 Å². The summed E-state index contributed by atoms with van der Waals surface area (Å²) < 4.78 is 0. The molecule has 0 atom stereocenters. The zero-order valence-corrected chi connectivity index (χ0v) is 9.03. The van der Waals surface area contributed by atoms with Crippen LogP contribution in [0.25, 0.3) is 0 Å². The number of rotatable bonds is 1. The van der Waals surface area contributed by atoms with Gasteiger partial charge in [0.15, 0.2) is 0 Å². The molecule has 2 rings (SSSR count). The molecule has 4 heteroatoms. The van der Waals surface area contributed by atoms with Gasteiger partial charge in [-0.05, 0) is 31.1 Å². The molecule has 4 nitrogen and oxygen atoms in total. The Morgan fingerprint density at radius 1 is 1.27 bits per heavy atom. The van der Waals surface area contributed by atoms with E-state index in [1.807, 2.05) is 4.90 Å². The quantitative estimate of drug-likeness (QED) is 0.706. The molecule has 1 aliphatic heterocycles. The maximum atomic E-state index is 11.1. The summed E-state index contributed by atoms with van der Waals surface area (Å²) in [5, 5.41) is 8.82. The molecule has 15 heavy (non-hydrogen) atoms. The van der Waals surface area contributed by atoms with Crippen molar-refractivity contribution in [2.24, 2.45) is 11.3 Å². The van der Waals surface area contributed by atoms with E-state index >= 15 is 0 Å². The Bertz CT molecular complexity index is 284. The minimum Gasteiger partial charge on any atom is -0.481 e. The number of nitrogens with zero attached hydrogens (tertiary/aromatic N) is 1. The number of likely N-dealkylation sites (tertiary alicyclic amines) is 1. The summed E-state index contributed by atoms with van der Waals surface area (Å²) in [5.74, 6) is -0.651. The highest BCUT2D eigenvalue weighted by molar-refractivity contribution is 5.73. The standard InChI is InChI=1S/C11H17NO3/c1-8(13)12-4-2-11(3-5-12)6-9(7-11)10(14)15/h9H,2-7H2,1H3,(H,14,15). The lowest BCUT2D eigenvalue weighted by Gasteiger charge is -2.50. The van der Waals surface area contributed by atoms with Gasteiger partial charge in [0, 0.05) is 20.0 Å². The summed E-state index contributed by atoms with van der Waals surface area (Å²) in [6.45, 7) is 3.21. The normalized spacial score (nSPS) is 25.0. The van der Waals surface area contributed by atoms with Crippen molar-refractivity contribution < 1.29 is 14.7 Å². The van der Waals surface area contributed by atoms with E-state index in [1.54, 1.807) is 6.92 Å². The number of piperidine rings is 1. The third-order valence-electron chi connectivity index (χ3n) is 3.98. The van der Waals surface area contributed by atoms with Crippen LogP contribution >= 0.6 is 0 Å². The molecule has 1 heterocycles. The average Bonchev–Trinajstić information content (AvgIpc) is 2.13. The number of carboxylic acid groups (broad SMARTS) is 1. The zero-order valence-electron chi connectivity index (χ0n) is 9.03. The molecule has 1 N–H and O–H groups in total. The summed E-state index contributed by atoms with van der Waals surface area (Å²) in [6.07, 6.45) is 3.59. The smallest absolute Gasteiger partial charge is 0.306 e. The van der Waals surface area contributed by atoms with Crippen molar-refractivity contribution in [3.63, 3.8) is 0 Å². The number of carbonyl (C=O) groups is 2. The van der Waals surface area contributed by atoms with Gasteiger partial charge in [0.25, 0.3) is 0 Å². The first-order chi connectivity index (χ1) is 7.02. The van der Waals surface area contributed by atoms with Crippen LogP contribution in [-0.4, -0.2) is 35.0 Å². The van der Waals surface area contributed by atoms with Crippen LogP contribution in [0.3, 0.4) is 0 Å². The van der Waals surface area contributed by atoms with Crippen LogP contribution in [0.4, 0.5) is 0 Å². The topological polar surface area (TPSA) is 57.6 Å². The SMILES string of the molecule is CC(=O)N1CCC2(CC1)CC(C(=O)O)C2. The maximum Gasteiger partial charge on any atom is 0.306 e. The lowest BCUT2D eigenvalue weighted by atomic mass is 9.57. The van der Waals surface area contributed by atoms with Crippen LogP contribution in [0.5, 0.6) is 0 Å². The highest BCUT2D eigenvalue weighted by Crippen LogP contribution is 2.52. The number of carboxylic acids is 1. The summed E-state index contributed by atoms with van der Waals surface area (Å²) in [6, 6.07) is 0. The van der Waals surface area contributed by atoms with E-state index in [2.05, 4.69) is 0 Å². The van der Waals surface area contributed by atoms with Gasteiger partial charge < -0.3 is 10.0 Å². The fourth-order valence-corrected chi connectivity index (χ4v) is 2.86. The van der Waals surface area contributed by atoms with Crippen LogP contribution in [0, 0.1) is 11.3 Å². The Hall–Kier alpha value is -1.06. The molecule has 0 unspecified atom stereocenters. The highest BCUT2D eigenvalue weighted by atomic mass is 16.4. The predicted molar refractivity (Wildman–Crippen MR) is 54.3 cm³/mol. The fraction of sp³-hybridized carbons (Fsp3) is 0.818. The Kier molecular flexibility index (Phi) is 2.44. The minimum absolute atomic E-state index is 0.131. The molecule has 1 aliphatic carbocycles. The summed E-state index contributed by atoms with van der Waals surface area (Å²) in [7, 11) is 0. The van der Waals surface area contributed by atoms with Crippen LogP contribution in [-0.2, 0) is 9.59 Å². The van der Waals surface area contributed by atoms with Crippen LogP contribution in [0.15, 0.2) is 0 Å². The van der Waals surface area contributed by atoms with Gasteiger partial charge in [-0.1, -0.05) is 0 Å². The molecule has 0 aromatic carbocycles. The van der Waals surface area contributed by atoms with E-state index in [0.29, 0.717) is 0 Å². The molecule has 2 fully saturated rings. The molecular formula is C11H17NO3. The average molecular weight is 211 g/mol. The van der Waals surface area contributed by atoms with Gasteiger partial charge in [-0.3, -0.25) is 9.59 Å². The van der Waals surface area contributed by atoms with Gasteiger partial charge >= 0.3 is 5.97 Å². The first-order valence-electron chi connectivity index (χ1n) is 5.51. The fourth-order valence-electron chi connectivity index (χ4n) is 2.86. The molecule has 0 aromatic heterocycles. The molecule has 1 saturated carbocycles. The van der Waals surface area contributed by atoms with Crippen molar-refractivity contribution in [3.05, 3.63) is 0 Å². The number of hydrogen-bond donors (Lipinski definition) is 1. The lowest BCUT2D eigenvalue weighted by Crippen LogP contribution is -2.49. The van der Waals surface area contributed by atoms with E-state index < -0.39 is 5.97 Å². The number of amides is 1. The van der Waals surface area contributed by atoms with Crippen LogP contribution in [0.1, 0.15) is 32.6 Å². The molecule has 0 radical (unpaired) electrons. The van der Waals surface area contributed by atoms with Crippen molar-refractivity contribution in [3.8, 4) is 0 Å². The Morgan fingerprint density at radius 2 is 1.80 bits per heavy atom. The largest absolute Gasteiger partial charge is 0.481 e. The molecule has 84 valence electrons. The monoisotopic (exact) mass is 211 g/mol. The van der Waals surface area contributed by atoms with E-state index in [1.165, 1.54) is 0 Å². The Labute approximate surface area is 89.3 Å². The van der Waals surface area contributed by atoms with Gasteiger partial charge in [0.1, 0.15) is 0 Å². The summed E-state index contributed by atoms with van der Waals surface area (Å²) in [5.41, 5.74) is 0.245. The Morgan fingerprint density at radius 3 is 2.20 bits per heavy atom. The molecular weight excluding hydrogens is 194 g/mol. The second-order valence-electron chi connectivity index (χ2n) is 4.95. The number of hydrogen-bond acceptors (Lipinski definition) is 2. The zero-order chi connectivity index (χ0) is 11.1. The molecule has 1 saturated heterocycles. The van der Waals surface area contributed by atoms with E-state index in [9.17, 15) is 9.59 Å². The molecule has 0 bridgehead atoms. The first kappa shape index (κ1) is 10.5. The predicted octanol–water partition coefficient (Wildman–Crippen LogP) is 1.11. The molecule has 1 spiro atoms. The Balaban J connectivity index is 1.85. The molecule has 1 amide bonds. The van der Waals surface area contributed by atoms with Gasteiger partial charge in [-0.2, -0.15) is 0 Å². The molecule has 2 aliphatic rings. The highest BCUT2D eigenvalue weighted by Gasteiger charge is 2.48. The number of carbonyl (C=O) groups excluding carboxylic acids is 1. The third kappa shape index (κ3) is 1.85. The van der Waals surface area contributed by atoms with Crippen molar-refractivity contribution in [2.75, 3.05) is 13.1 Å². The van der Waals surface area contributed by atoms with Gasteiger partial charge in [0.2, 0.25) is 5.91 Å².